The number of benzene rings is 3. The lowest BCUT2D eigenvalue weighted by atomic mass is 9.96. The van der Waals surface area contributed by atoms with Crippen molar-refractivity contribution in [1.82, 2.24) is 0 Å². The summed E-state index contributed by atoms with van der Waals surface area (Å²) in [5.41, 5.74) is 10.5. The van der Waals surface area contributed by atoms with Crippen LogP contribution in [0.4, 0.5) is 24.5 Å². The molecular formula is C31H33F3N6OS. The molecule has 2 atom stereocenters. The quantitative estimate of drug-likeness (QED) is 0.155. The van der Waals surface area contributed by atoms with E-state index >= 15 is 0 Å². The summed E-state index contributed by atoms with van der Waals surface area (Å²) in [6.07, 6.45) is 0.338. The number of rotatable bonds is 9. The third kappa shape index (κ3) is 8.45. The fourth-order valence-corrected chi connectivity index (χ4v) is 5.48. The molecule has 3 aromatic carbocycles. The van der Waals surface area contributed by atoms with E-state index in [1.54, 1.807) is 18.0 Å². The molecule has 0 saturated carbocycles. The number of para-hydroxylation sites is 1. The molecule has 1 saturated heterocycles. The monoisotopic (exact) mass is 594 g/mol. The lowest BCUT2D eigenvalue weighted by molar-refractivity contribution is -0.274. The van der Waals surface area contributed by atoms with Crippen LogP contribution in [0.3, 0.4) is 0 Å². The Balaban J connectivity index is 1.42. The highest BCUT2D eigenvalue weighted by Gasteiger charge is 2.31. The first-order valence-corrected chi connectivity index (χ1v) is 14.6. The molecule has 0 spiro atoms. The molecule has 1 aliphatic heterocycles. The number of nitrogens with zero attached hydrogens (tertiary/aromatic N) is 5. The molecular weight excluding hydrogens is 561 g/mol. The Morgan fingerprint density at radius 2 is 1.81 bits per heavy atom. The van der Waals surface area contributed by atoms with Gasteiger partial charge in [-0.15, -0.1) is 18.3 Å². The van der Waals surface area contributed by atoms with E-state index in [4.69, 9.17) is 5.73 Å². The summed E-state index contributed by atoms with van der Waals surface area (Å²) in [5, 5.41) is 9.89. The predicted octanol–water partition coefficient (Wildman–Crippen LogP) is 7.89. The van der Waals surface area contributed by atoms with Crippen LogP contribution >= 0.6 is 11.8 Å². The fraction of sp³-hybridized carbons (Fsp3) is 0.290. The maximum Gasteiger partial charge on any atom is 0.573 e. The molecule has 0 aliphatic carbocycles. The Morgan fingerprint density at radius 1 is 1.10 bits per heavy atom. The minimum absolute atomic E-state index is 0.239. The van der Waals surface area contributed by atoms with Gasteiger partial charge in [-0.2, -0.15) is 5.10 Å². The minimum atomic E-state index is -4.74. The number of ether oxygens (including phenoxy) is 1. The van der Waals surface area contributed by atoms with Crippen molar-refractivity contribution in [3.8, 4) is 5.75 Å². The van der Waals surface area contributed by atoms with Crippen molar-refractivity contribution in [3.63, 3.8) is 0 Å². The molecule has 3 aromatic rings. The van der Waals surface area contributed by atoms with E-state index in [0.29, 0.717) is 23.2 Å². The number of thioether (sulfide) groups is 1. The van der Waals surface area contributed by atoms with Crippen LogP contribution in [0.5, 0.6) is 5.75 Å². The molecule has 2 unspecified atom stereocenters. The number of aliphatic imine (C=N–C) groups is 2. The zero-order valence-electron chi connectivity index (χ0n) is 23.6. The number of alkyl halides is 3. The largest absolute Gasteiger partial charge is 0.573 e. The number of hydrogen-bond donors (Lipinski definition) is 1. The van der Waals surface area contributed by atoms with Gasteiger partial charge in [-0.3, -0.25) is 0 Å². The second kappa shape index (κ2) is 14.2. The third-order valence-corrected chi connectivity index (χ3v) is 7.76. The highest BCUT2D eigenvalue weighted by Crippen LogP contribution is 2.35. The van der Waals surface area contributed by atoms with Crippen LogP contribution in [0.25, 0.3) is 0 Å². The smallest absolute Gasteiger partial charge is 0.406 e. The molecule has 1 heterocycles. The Labute approximate surface area is 248 Å². The van der Waals surface area contributed by atoms with Crippen molar-refractivity contribution >= 4 is 46.7 Å². The van der Waals surface area contributed by atoms with Crippen LogP contribution in [-0.2, 0) is 0 Å². The third-order valence-electron chi connectivity index (χ3n) is 6.78. The number of anilines is 1. The van der Waals surface area contributed by atoms with Crippen LogP contribution in [0.15, 0.2) is 93.0 Å². The molecule has 2 N–H and O–H groups in total. The number of amidine groups is 2. The Hall–Kier alpha value is -4.12. The van der Waals surface area contributed by atoms with E-state index in [-0.39, 0.29) is 11.6 Å². The molecule has 7 nitrogen and oxygen atoms in total. The first kappa shape index (κ1) is 30.8. The molecule has 1 aliphatic rings. The van der Waals surface area contributed by atoms with Crippen LogP contribution in [-0.4, -0.2) is 41.7 Å². The summed E-state index contributed by atoms with van der Waals surface area (Å²) >= 11 is 1.71. The Morgan fingerprint density at radius 3 is 2.50 bits per heavy atom. The molecule has 4 rings (SSSR count). The zero-order valence-corrected chi connectivity index (χ0v) is 24.4. The predicted molar refractivity (Wildman–Crippen MR) is 168 cm³/mol. The SMILES string of the molecule is CCC(C)c1ccccc1N1/C(=N/N=C/c2ccc(C(N)=NC=Nc3ccc(OC(F)(F)F)cc3)cc2)SCCC1C. The average molecular weight is 595 g/mol. The maximum absolute atomic E-state index is 12.3. The van der Waals surface area contributed by atoms with Gasteiger partial charge in [0.05, 0.1) is 11.9 Å². The summed E-state index contributed by atoms with van der Waals surface area (Å²) in [7, 11) is 0. The lowest BCUT2D eigenvalue weighted by Gasteiger charge is -2.37. The van der Waals surface area contributed by atoms with E-state index in [2.05, 4.69) is 74.9 Å². The van der Waals surface area contributed by atoms with Crippen molar-refractivity contribution in [2.75, 3.05) is 10.7 Å². The van der Waals surface area contributed by atoms with E-state index in [0.717, 1.165) is 29.3 Å². The minimum Gasteiger partial charge on any atom is -0.406 e. The molecule has 0 radical (unpaired) electrons. The number of nitrogens with two attached hydrogens (primary N) is 1. The second-order valence-corrected chi connectivity index (χ2v) is 10.8. The van der Waals surface area contributed by atoms with Gasteiger partial charge in [-0.05, 0) is 67.1 Å². The van der Waals surface area contributed by atoms with Crippen LogP contribution in [0.1, 0.15) is 56.2 Å². The topological polar surface area (TPSA) is 87.9 Å². The van der Waals surface area contributed by atoms with Gasteiger partial charge in [0.2, 0.25) is 0 Å². The summed E-state index contributed by atoms with van der Waals surface area (Å²) in [4.78, 5) is 10.5. The maximum atomic E-state index is 12.3. The molecule has 0 amide bonds. The molecule has 11 heteroatoms. The van der Waals surface area contributed by atoms with Crippen molar-refractivity contribution in [2.24, 2.45) is 25.9 Å². The normalized spacial score (nSPS) is 18.2. The van der Waals surface area contributed by atoms with Gasteiger partial charge in [-0.1, -0.05) is 68.1 Å². The first-order valence-electron chi connectivity index (χ1n) is 13.6. The number of hydrogen-bond acceptors (Lipinski definition) is 5. The van der Waals surface area contributed by atoms with E-state index < -0.39 is 6.36 Å². The lowest BCUT2D eigenvalue weighted by Crippen LogP contribution is -2.41. The second-order valence-electron chi connectivity index (χ2n) is 9.77. The molecule has 220 valence electrons. The number of halogens is 3. The van der Waals surface area contributed by atoms with Crippen molar-refractivity contribution in [2.45, 2.75) is 51.9 Å². The highest BCUT2D eigenvalue weighted by atomic mass is 32.2. The van der Waals surface area contributed by atoms with Crippen LogP contribution in [0, 0.1) is 0 Å². The van der Waals surface area contributed by atoms with Gasteiger partial charge >= 0.3 is 6.36 Å². The summed E-state index contributed by atoms with van der Waals surface area (Å²) in [6.45, 7) is 6.68. The van der Waals surface area contributed by atoms with E-state index in [9.17, 15) is 13.2 Å². The van der Waals surface area contributed by atoms with E-state index in [1.165, 1.54) is 41.9 Å². The van der Waals surface area contributed by atoms with E-state index in [1.807, 2.05) is 24.3 Å². The van der Waals surface area contributed by atoms with Crippen molar-refractivity contribution in [1.29, 1.82) is 0 Å². The van der Waals surface area contributed by atoms with Crippen molar-refractivity contribution in [3.05, 3.63) is 89.5 Å². The zero-order chi connectivity index (χ0) is 30.1. The van der Waals surface area contributed by atoms with Crippen molar-refractivity contribution < 1.29 is 17.9 Å². The fourth-order valence-electron chi connectivity index (χ4n) is 4.32. The summed E-state index contributed by atoms with van der Waals surface area (Å²) < 4.78 is 40.7. The Bertz CT molecular complexity index is 1450. The summed E-state index contributed by atoms with van der Waals surface area (Å²) in [5.74, 6) is 1.35. The van der Waals surface area contributed by atoms with Gasteiger partial charge in [0.1, 0.15) is 17.9 Å². The van der Waals surface area contributed by atoms with Gasteiger partial charge in [-0.25, -0.2) is 9.98 Å². The Kier molecular flexibility index (Phi) is 10.4. The molecule has 1 fully saturated rings. The van der Waals surface area contributed by atoms with Gasteiger partial charge in [0.25, 0.3) is 0 Å². The van der Waals surface area contributed by atoms with Gasteiger partial charge in [0.15, 0.2) is 5.17 Å². The molecule has 42 heavy (non-hydrogen) atoms. The molecule has 0 aromatic heterocycles. The standard InChI is InChI=1S/C31H33F3N6OS/c1-4-21(2)27-7-5-6-8-28(27)40-22(3)17-18-42-30(40)39-38-19-23-9-11-24(12-10-23)29(35)37-20-36-25-13-15-26(16-14-25)41-31(32,33)34/h5-16,19-22H,4,17-18H2,1-3H3,(H2,35,36,37)/b38-19+,39-30-. The highest BCUT2D eigenvalue weighted by molar-refractivity contribution is 8.14. The van der Waals surface area contributed by atoms with Crippen LogP contribution < -0.4 is 15.4 Å². The van der Waals surface area contributed by atoms with Gasteiger partial charge in [0, 0.05) is 23.0 Å². The van der Waals surface area contributed by atoms with Gasteiger partial charge < -0.3 is 15.4 Å². The average Bonchev–Trinajstić information content (AvgIpc) is 2.97. The first-order chi connectivity index (χ1) is 20.1. The summed E-state index contributed by atoms with van der Waals surface area (Å²) in [6, 6.07) is 21.3. The molecule has 0 bridgehead atoms. The van der Waals surface area contributed by atoms with Crippen LogP contribution in [0.2, 0.25) is 0 Å².